The average molecular weight is 286 g/mol. The summed E-state index contributed by atoms with van der Waals surface area (Å²) in [6.45, 7) is 0.526. The van der Waals surface area contributed by atoms with Crippen molar-refractivity contribution in [2.75, 3.05) is 13.1 Å². The second kappa shape index (κ2) is 4.80. The molecule has 19 heavy (non-hydrogen) atoms. The minimum Gasteiger partial charge on any atom is -0.507 e. The SMILES string of the molecule is NC1CCN(S(=O)(=O)c2ccc(O)c(C(=O)O)c2)C1. The van der Waals surface area contributed by atoms with Crippen LogP contribution < -0.4 is 5.73 Å². The van der Waals surface area contributed by atoms with E-state index in [1.165, 1.54) is 10.4 Å². The molecular weight excluding hydrogens is 272 g/mol. The van der Waals surface area contributed by atoms with Gasteiger partial charge in [-0.05, 0) is 24.6 Å². The van der Waals surface area contributed by atoms with Crippen LogP contribution in [0.4, 0.5) is 0 Å². The van der Waals surface area contributed by atoms with Crippen molar-refractivity contribution in [1.29, 1.82) is 0 Å². The zero-order chi connectivity index (χ0) is 14.2. The van der Waals surface area contributed by atoms with Gasteiger partial charge in [0.15, 0.2) is 0 Å². The van der Waals surface area contributed by atoms with Crippen molar-refractivity contribution in [3.05, 3.63) is 23.8 Å². The van der Waals surface area contributed by atoms with E-state index in [9.17, 15) is 18.3 Å². The van der Waals surface area contributed by atoms with Crippen LogP contribution in [0.2, 0.25) is 0 Å². The molecule has 1 heterocycles. The van der Waals surface area contributed by atoms with E-state index in [4.69, 9.17) is 10.8 Å². The monoisotopic (exact) mass is 286 g/mol. The van der Waals surface area contributed by atoms with E-state index in [0.29, 0.717) is 13.0 Å². The predicted octanol–water partition coefficient (Wildman–Crippen LogP) is -0.188. The second-order valence-electron chi connectivity index (χ2n) is 4.40. The van der Waals surface area contributed by atoms with Gasteiger partial charge in [0.1, 0.15) is 11.3 Å². The van der Waals surface area contributed by atoms with Crippen molar-refractivity contribution in [2.24, 2.45) is 5.73 Å². The molecule has 7 nitrogen and oxygen atoms in total. The molecular formula is C11H14N2O5S. The lowest BCUT2D eigenvalue weighted by molar-refractivity contribution is 0.0693. The van der Waals surface area contributed by atoms with Crippen molar-refractivity contribution >= 4 is 16.0 Å². The summed E-state index contributed by atoms with van der Waals surface area (Å²) >= 11 is 0. The van der Waals surface area contributed by atoms with Gasteiger partial charge in [0.05, 0.1) is 4.90 Å². The van der Waals surface area contributed by atoms with E-state index in [1.807, 2.05) is 0 Å². The van der Waals surface area contributed by atoms with E-state index in [-0.39, 0.29) is 17.5 Å². The first-order chi connectivity index (χ1) is 8.82. The molecule has 0 amide bonds. The number of benzene rings is 1. The van der Waals surface area contributed by atoms with Crippen LogP contribution >= 0.6 is 0 Å². The number of carbonyl (C=O) groups is 1. The third-order valence-electron chi connectivity index (χ3n) is 3.02. The van der Waals surface area contributed by atoms with Crippen molar-refractivity contribution in [3.63, 3.8) is 0 Å². The van der Waals surface area contributed by atoms with Gasteiger partial charge in [-0.25, -0.2) is 13.2 Å². The highest BCUT2D eigenvalue weighted by Crippen LogP contribution is 2.25. The maximum absolute atomic E-state index is 12.3. The minimum absolute atomic E-state index is 0.156. The first kappa shape index (κ1) is 13.8. The Hall–Kier alpha value is -1.64. The Morgan fingerprint density at radius 1 is 1.42 bits per heavy atom. The zero-order valence-electron chi connectivity index (χ0n) is 9.98. The molecule has 1 aromatic rings. The Balaban J connectivity index is 2.41. The molecule has 0 saturated carbocycles. The normalized spacial score (nSPS) is 20.6. The number of carboxylic acid groups (broad SMARTS) is 1. The van der Waals surface area contributed by atoms with Gasteiger partial charge >= 0.3 is 5.97 Å². The fourth-order valence-electron chi connectivity index (χ4n) is 1.97. The number of nitrogens with zero attached hydrogens (tertiary/aromatic N) is 1. The van der Waals surface area contributed by atoms with Gasteiger partial charge < -0.3 is 15.9 Å². The van der Waals surface area contributed by atoms with Gasteiger partial charge in [0.2, 0.25) is 10.0 Å². The largest absolute Gasteiger partial charge is 0.507 e. The highest BCUT2D eigenvalue weighted by molar-refractivity contribution is 7.89. The molecule has 8 heteroatoms. The Morgan fingerprint density at radius 2 is 2.11 bits per heavy atom. The van der Waals surface area contributed by atoms with E-state index in [0.717, 1.165) is 12.1 Å². The number of hydrogen-bond acceptors (Lipinski definition) is 5. The molecule has 0 aliphatic carbocycles. The summed E-state index contributed by atoms with van der Waals surface area (Å²) in [6.07, 6.45) is 0.573. The fourth-order valence-corrected chi connectivity index (χ4v) is 3.51. The van der Waals surface area contributed by atoms with Gasteiger partial charge in [-0.1, -0.05) is 0 Å². The first-order valence-corrected chi connectivity index (χ1v) is 7.08. The van der Waals surface area contributed by atoms with Crippen molar-refractivity contribution in [1.82, 2.24) is 4.31 Å². The number of aromatic hydroxyl groups is 1. The van der Waals surface area contributed by atoms with Crippen LogP contribution in [0.3, 0.4) is 0 Å². The maximum Gasteiger partial charge on any atom is 0.339 e. The second-order valence-corrected chi connectivity index (χ2v) is 6.33. The first-order valence-electron chi connectivity index (χ1n) is 5.64. The van der Waals surface area contributed by atoms with E-state index in [1.54, 1.807) is 0 Å². The Morgan fingerprint density at radius 3 is 2.63 bits per heavy atom. The van der Waals surface area contributed by atoms with Crippen molar-refractivity contribution in [2.45, 2.75) is 17.4 Å². The molecule has 0 spiro atoms. The summed E-state index contributed by atoms with van der Waals surface area (Å²) < 4.78 is 25.7. The van der Waals surface area contributed by atoms with Crippen LogP contribution in [-0.2, 0) is 10.0 Å². The number of rotatable bonds is 3. The molecule has 1 saturated heterocycles. The number of nitrogens with two attached hydrogens (primary N) is 1. The number of phenols is 1. The van der Waals surface area contributed by atoms with Gasteiger partial charge in [-0.3, -0.25) is 0 Å². The molecule has 1 unspecified atom stereocenters. The smallest absolute Gasteiger partial charge is 0.339 e. The summed E-state index contributed by atoms with van der Waals surface area (Å²) in [5.74, 6) is -1.85. The minimum atomic E-state index is -3.77. The highest BCUT2D eigenvalue weighted by atomic mass is 32.2. The molecule has 1 aliphatic rings. The summed E-state index contributed by atoms with van der Waals surface area (Å²) in [5, 5.41) is 18.2. The summed E-state index contributed by atoms with van der Waals surface area (Å²) in [4.78, 5) is 10.7. The summed E-state index contributed by atoms with van der Waals surface area (Å²) in [5.41, 5.74) is 5.22. The van der Waals surface area contributed by atoms with Gasteiger partial charge in [-0.2, -0.15) is 4.31 Å². The van der Waals surface area contributed by atoms with Crippen LogP contribution in [0, 0.1) is 0 Å². The van der Waals surface area contributed by atoms with Gasteiger partial charge in [-0.15, -0.1) is 0 Å². The molecule has 0 aromatic heterocycles. The molecule has 104 valence electrons. The molecule has 1 aromatic carbocycles. The number of carboxylic acids is 1. The van der Waals surface area contributed by atoms with Crippen LogP contribution in [0.25, 0.3) is 0 Å². The van der Waals surface area contributed by atoms with E-state index < -0.39 is 27.3 Å². The van der Waals surface area contributed by atoms with Crippen LogP contribution in [0.5, 0.6) is 5.75 Å². The van der Waals surface area contributed by atoms with Crippen LogP contribution in [0.15, 0.2) is 23.1 Å². The topological polar surface area (TPSA) is 121 Å². The molecule has 0 bridgehead atoms. The molecule has 4 N–H and O–H groups in total. The number of aromatic carboxylic acids is 1. The number of sulfonamides is 1. The van der Waals surface area contributed by atoms with Gasteiger partial charge in [0.25, 0.3) is 0 Å². The molecule has 1 aliphatic heterocycles. The lowest BCUT2D eigenvalue weighted by Crippen LogP contribution is -2.32. The Kier molecular flexibility index (Phi) is 3.48. The molecule has 0 radical (unpaired) electrons. The lowest BCUT2D eigenvalue weighted by Gasteiger charge is -2.16. The predicted molar refractivity (Wildman–Crippen MR) is 66.4 cm³/mol. The molecule has 1 fully saturated rings. The van der Waals surface area contributed by atoms with Gasteiger partial charge in [0, 0.05) is 19.1 Å². The maximum atomic E-state index is 12.3. The molecule has 2 rings (SSSR count). The average Bonchev–Trinajstić information content (AvgIpc) is 2.76. The third-order valence-corrected chi connectivity index (χ3v) is 4.88. The summed E-state index contributed by atoms with van der Waals surface area (Å²) in [6, 6.07) is 3.00. The van der Waals surface area contributed by atoms with E-state index in [2.05, 4.69) is 0 Å². The van der Waals surface area contributed by atoms with Crippen LogP contribution in [0.1, 0.15) is 16.8 Å². The van der Waals surface area contributed by atoms with Crippen molar-refractivity contribution < 1.29 is 23.4 Å². The number of hydrogen-bond donors (Lipinski definition) is 3. The highest BCUT2D eigenvalue weighted by Gasteiger charge is 2.31. The summed E-state index contributed by atoms with van der Waals surface area (Å²) in [7, 11) is -3.77. The Bertz CT molecular complexity index is 614. The fraction of sp³-hybridized carbons (Fsp3) is 0.364. The van der Waals surface area contributed by atoms with Crippen molar-refractivity contribution in [3.8, 4) is 5.75 Å². The third kappa shape index (κ3) is 2.55. The molecule has 1 atom stereocenters. The standard InChI is InChI=1S/C11H14N2O5S/c12-7-3-4-13(6-7)19(17,18)8-1-2-10(14)9(5-8)11(15)16/h1-2,5,7,14H,3-4,6,12H2,(H,15,16). The lowest BCUT2D eigenvalue weighted by atomic mass is 10.2. The zero-order valence-corrected chi connectivity index (χ0v) is 10.8. The van der Waals surface area contributed by atoms with Crippen LogP contribution in [-0.4, -0.2) is 48.0 Å². The quantitative estimate of drug-likeness (QED) is 0.708. The van der Waals surface area contributed by atoms with E-state index >= 15 is 0 Å². The Labute approximate surface area is 110 Å².